The van der Waals surface area contributed by atoms with E-state index in [2.05, 4.69) is 0 Å². The highest BCUT2D eigenvalue weighted by atomic mass is 31.1. The molecule has 0 radical (unpaired) electrons. The molecule has 0 aliphatic heterocycles. The molecule has 14 heteroatoms. The Morgan fingerprint density at radius 3 is 1.06 bits per heavy atom. The fraction of sp³-hybridized carbons (Fsp3) is 0.182. The van der Waals surface area contributed by atoms with Crippen molar-refractivity contribution < 1.29 is 52.7 Å². The summed E-state index contributed by atoms with van der Waals surface area (Å²) < 4.78 is 161. The number of alkyl halides is 12. The number of nitrogen functional groups attached to an aromatic ring is 1. The Bertz CT molecular complexity index is 1120. The van der Waals surface area contributed by atoms with Crippen molar-refractivity contribution in [3.05, 3.63) is 82.9 Å². The van der Waals surface area contributed by atoms with E-state index in [0.29, 0.717) is 0 Å². The molecule has 0 atom stereocenters. The lowest BCUT2D eigenvalue weighted by atomic mass is 10.1. The van der Waals surface area contributed by atoms with Crippen LogP contribution in [0.15, 0.2) is 60.7 Å². The van der Waals surface area contributed by atoms with E-state index in [-0.39, 0.29) is 47.4 Å². The van der Waals surface area contributed by atoms with E-state index in [4.69, 9.17) is 5.73 Å². The topological polar surface area (TPSA) is 26.0 Å². The van der Waals surface area contributed by atoms with Crippen molar-refractivity contribution in [2.45, 2.75) is 24.7 Å². The number of hydrogen-bond donors (Lipinski definition) is 1. The van der Waals surface area contributed by atoms with E-state index in [9.17, 15) is 52.7 Å². The summed E-state index contributed by atoms with van der Waals surface area (Å²) in [5.41, 5.74) is -1.51. The summed E-state index contributed by atoms with van der Waals surface area (Å²) in [6.45, 7) is 0. The fourth-order valence-corrected chi connectivity index (χ4v) is 5.73. The predicted molar refractivity (Wildman–Crippen MR) is 110 cm³/mol. The van der Waals surface area contributed by atoms with Gasteiger partial charge in [0.1, 0.15) is 0 Å². The monoisotopic (exact) mass is 549 g/mol. The lowest BCUT2D eigenvalue weighted by Crippen LogP contribution is -2.26. The maximum atomic E-state index is 13.4. The van der Waals surface area contributed by atoms with Crippen LogP contribution < -0.4 is 21.6 Å². The minimum absolute atomic E-state index is 0.0639. The smallest absolute Gasteiger partial charge is 0.399 e. The van der Waals surface area contributed by atoms with Gasteiger partial charge in [-0.05, 0) is 72.4 Å². The van der Waals surface area contributed by atoms with Crippen LogP contribution in [0.4, 0.5) is 58.4 Å². The minimum atomic E-state index is -5.29. The molecule has 0 aromatic heterocycles. The van der Waals surface area contributed by atoms with Crippen molar-refractivity contribution in [1.29, 1.82) is 0 Å². The Hall–Kier alpha value is -2.95. The van der Waals surface area contributed by atoms with Crippen LogP contribution in [0.1, 0.15) is 22.3 Å². The van der Waals surface area contributed by atoms with Crippen LogP contribution in [0.3, 0.4) is 0 Å². The van der Waals surface area contributed by atoms with Crippen molar-refractivity contribution in [2.24, 2.45) is 0 Å². The maximum absolute atomic E-state index is 13.4. The molecule has 0 heterocycles. The molecular formula is C22H12F12NP. The number of rotatable bonds is 3. The third-order valence-corrected chi connectivity index (χ3v) is 7.13. The molecule has 0 spiro atoms. The molecule has 0 aliphatic carbocycles. The molecule has 3 rings (SSSR count). The van der Waals surface area contributed by atoms with Gasteiger partial charge >= 0.3 is 24.7 Å². The van der Waals surface area contributed by atoms with Crippen molar-refractivity contribution in [2.75, 3.05) is 5.73 Å². The highest BCUT2D eigenvalue weighted by Gasteiger charge is 2.40. The minimum Gasteiger partial charge on any atom is -0.399 e. The second-order valence-corrected chi connectivity index (χ2v) is 9.68. The van der Waals surface area contributed by atoms with Crippen LogP contribution in [0, 0.1) is 0 Å². The zero-order valence-electron chi connectivity index (χ0n) is 17.3. The van der Waals surface area contributed by atoms with Crippen LogP contribution in [0.2, 0.25) is 0 Å². The maximum Gasteiger partial charge on any atom is 0.416 e. The number of hydrogen-bond acceptors (Lipinski definition) is 1. The Kier molecular flexibility index (Phi) is 7.04. The number of benzene rings is 3. The fourth-order valence-electron chi connectivity index (χ4n) is 3.25. The van der Waals surface area contributed by atoms with Crippen LogP contribution in [0.5, 0.6) is 0 Å². The van der Waals surface area contributed by atoms with Gasteiger partial charge in [-0.15, -0.1) is 0 Å². The molecule has 2 N–H and O–H groups in total. The van der Waals surface area contributed by atoms with Crippen molar-refractivity contribution in [3.63, 3.8) is 0 Å². The summed E-state index contributed by atoms with van der Waals surface area (Å²) in [7, 11) is -2.80. The average Bonchev–Trinajstić information content (AvgIpc) is 2.71. The quantitative estimate of drug-likeness (QED) is 0.211. The summed E-state index contributed by atoms with van der Waals surface area (Å²) in [5.74, 6) is 0. The van der Waals surface area contributed by atoms with Crippen LogP contribution >= 0.6 is 7.92 Å². The lowest BCUT2D eigenvalue weighted by Gasteiger charge is -2.24. The average molecular weight is 549 g/mol. The van der Waals surface area contributed by atoms with Gasteiger partial charge < -0.3 is 5.73 Å². The van der Waals surface area contributed by atoms with Crippen LogP contribution in [0.25, 0.3) is 0 Å². The highest BCUT2D eigenvalue weighted by molar-refractivity contribution is 7.79. The van der Waals surface area contributed by atoms with E-state index >= 15 is 0 Å². The molecule has 194 valence electrons. The van der Waals surface area contributed by atoms with Crippen molar-refractivity contribution in [1.82, 2.24) is 0 Å². The first-order chi connectivity index (χ1) is 16.3. The third-order valence-electron chi connectivity index (χ3n) is 4.79. The van der Waals surface area contributed by atoms with Gasteiger partial charge in [-0.1, -0.05) is 12.1 Å². The molecule has 0 saturated carbocycles. The number of nitrogens with two attached hydrogens (primary N) is 1. The molecule has 36 heavy (non-hydrogen) atoms. The molecule has 0 aliphatic rings. The first-order valence-corrected chi connectivity index (χ1v) is 10.9. The predicted octanol–water partition coefficient (Wildman–Crippen LogP) is 7.10. The van der Waals surface area contributed by atoms with Crippen LogP contribution in [-0.2, 0) is 24.7 Å². The summed E-state index contributed by atoms with van der Waals surface area (Å²) in [4.78, 5) is 0. The zero-order valence-corrected chi connectivity index (χ0v) is 18.2. The Balaban J connectivity index is 2.43. The Morgan fingerprint density at radius 2 is 0.778 bits per heavy atom. The second-order valence-electron chi connectivity index (χ2n) is 7.46. The summed E-state index contributed by atoms with van der Waals surface area (Å²) in [6, 6.07) is 5.42. The number of halogens is 12. The number of anilines is 1. The normalized spacial score (nSPS) is 13.4. The SMILES string of the molecule is Nc1cccc(P(c2cc(C(F)(F)F)cc(C(F)(F)F)c2)c2cc(C(F)(F)F)cc(C(F)(F)F)c2)c1. The molecular weight excluding hydrogens is 537 g/mol. The van der Waals surface area contributed by atoms with Gasteiger partial charge in [0.05, 0.1) is 22.3 Å². The van der Waals surface area contributed by atoms with Crippen LogP contribution in [-0.4, -0.2) is 0 Å². The molecule has 0 unspecified atom stereocenters. The first-order valence-electron chi connectivity index (χ1n) is 9.51. The van der Waals surface area contributed by atoms with E-state index in [1.165, 1.54) is 12.1 Å². The molecule has 1 nitrogen and oxygen atoms in total. The van der Waals surface area contributed by atoms with Gasteiger partial charge in [-0.25, -0.2) is 0 Å². The summed E-state index contributed by atoms with van der Waals surface area (Å²) >= 11 is 0. The van der Waals surface area contributed by atoms with Crippen molar-refractivity contribution in [3.8, 4) is 0 Å². The Morgan fingerprint density at radius 1 is 0.444 bits per heavy atom. The largest absolute Gasteiger partial charge is 0.416 e. The summed E-state index contributed by atoms with van der Waals surface area (Å²) in [6.07, 6.45) is -21.2. The van der Waals surface area contributed by atoms with E-state index < -0.39 is 65.5 Å². The molecule has 0 saturated heterocycles. The highest BCUT2D eigenvalue weighted by Crippen LogP contribution is 2.43. The molecule has 0 fully saturated rings. The molecule has 0 amide bonds. The standard InChI is InChI=1S/C22H12F12NP/c23-19(24,25)11-4-12(20(26,27)28)7-17(6-11)36(16-3-1-2-15(35)10-16)18-8-13(21(29,30)31)5-14(9-18)22(32,33)34/h1-10H,35H2. The van der Waals surface area contributed by atoms with Gasteiger partial charge in [0.25, 0.3) is 0 Å². The second kappa shape index (κ2) is 9.17. The van der Waals surface area contributed by atoms with E-state index in [1.54, 1.807) is 0 Å². The van der Waals surface area contributed by atoms with Gasteiger partial charge in [0.2, 0.25) is 0 Å². The van der Waals surface area contributed by atoms with Gasteiger partial charge in [-0.3, -0.25) is 0 Å². The summed E-state index contributed by atoms with van der Waals surface area (Å²) in [5, 5.41) is -1.71. The zero-order chi connectivity index (χ0) is 27.3. The van der Waals surface area contributed by atoms with E-state index in [1.807, 2.05) is 0 Å². The Labute approximate surface area is 196 Å². The molecule has 0 bridgehead atoms. The van der Waals surface area contributed by atoms with Gasteiger partial charge in [0.15, 0.2) is 0 Å². The van der Waals surface area contributed by atoms with Crippen molar-refractivity contribution >= 4 is 29.5 Å². The first kappa shape index (κ1) is 27.6. The van der Waals surface area contributed by atoms with E-state index in [0.717, 1.165) is 12.1 Å². The van der Waals surface area contributed by atoms with Gasteiger partial charge in [-0.2, -0.15) is 52.7 Å². The van der Waals surface area contributed by atoms with Gasteiger partial charge in [0, 0.05) is 5.69 Å². The molecule has 3 aromatic rings. The third kappa shape index (κ3) is 6.24. The molecule has 3 aromatic carbocycles. The lowest BCUT2D eigenvalue weighted by molar-refractivity contribution is -0.144.